The number of rotatable bonds is 3. The van der Waals surface area contributed by atoms with E-state index in [4.69, 9.17) is 28.9 Å². The molecular weight excluding hydrogens is 307 g/mol. The average Bonchev–Trinajstić information content (AvgIpc) is 2.62. The number of halogens is 2. The van der Waals surface area contributed by atoms with Gasteiger partial charge in [0.05, 0.1) is 15.6 Å². The van der Waals surface area contributed by atoms with Crippen LogP contribution >= 0.6 is 23.2 Å². The Morgan fingerprint density at radius 1 is 1.29 bits per heavy atom. The van der Waals surface area contributed by atoms with E-state index in [1.54, 1.807) is 0 Å². The summed E-state index contributed by atoms with van der Waals surface area (Å²) >= 11 is 12.1. The molecule has 0 saturated carbocycles. The van der Waals surface area contributed by atoms with E-state index in [1.165, 1.54) is 12.1 Å². The summed E-state index contributed by atoms with van der Waals surface area (Å²) in [7, 11) is 0. The number of nitrogen functional groups attached to an aromatic ring is 1. The van der Waals surface area contributed by atoms with E-state index in [9.17, 15) is 4.79 Å². The van der Waals surface area contributed by atoms with E-state index in [1.807, 2.05) is 24.3 Å². The number of carbonyl (C=O) groups excluding carboxylic acids is 1. The van der Waals surface area contributed by atoms with Gasteiger partial charge < -0.3 is 11.1 Å². The van der Waals surface area contributed by atoms with Crippen LogP contribution in [0.4, 0.5) is 5.69 Å². The Labute approximate surface area is 134 Å². The summed E-state index contributed by atoms with van der Waals surface area (Å²) in [6.45, 7) is 2.11. The normalized spacial score (nSPS) is 17.3. The van der Waals surface area contributed by atoms with Crippen LogP contribution in [0.2, 0.25) is 10.0 Å². The lowest BCUT2D eigenvalue weighted by atomic mass is 10.1. The number of nitrogens with one attached hydrogen (secondary N) is 1. The highest BCUT2D eigenvalue weighted by atomic mass is 35.5. The highest BCUT2D eigenvalue weighted by molar-refractivity contribution is 6.40. The monoisotopic (exact) mass is 322 g/mol. The molecule has 0 spiro atoms. The zero-order valence-electron chi connectivity index (χ0n) is 11.6. The second-order valence-electron chi connectivity index (χ2n) is 4.75. The highest BCUT2D eigenvalue weighted by Crippen LogP contribution is 2.28. The molecule has 1 amide bonds. The summed E-state index contributed by atoms with van der Waals surface area (Å²) in [5.74, 6) is 0.0172. The van der Waals surface area contributed by atoms with E-state index < -0.39 is 0 Å². The fourth-order valence-electron chi connectivity index (χ4n) is 2.01. The van der Waals surface area contributed by atoms with E-state index >= 15 is 0 Å². The van der Waals surface area contributed by atoms with Crippen molar-refractivity contribution in [2.75, 3.05) is 5.73 Å². The zero-order valence-corrected chi connectivity index (χ0v) is 13.1. The van der Waals surface area contributed by atoms with Gasteiger partial charge >= 0.3 is 0 Å². The number of hydrogen-bond acceptors (Lipinski definition) is 2. The zero-order chi connectivity index (χ0) is 15.4. The molecule has 3 N–H and O–H groups in total. The molecule has 1 aliphatic carbocycles. The van der Waals surface area contributed by atoms with Gasteiger partial charge in [0.2, 0.25) is 0 Å². The maximum absolute atomic E-state index is 12.3. The van der Waals surface area contributed by atoms with Crippen LogP contribution in [0.15, 0.2) is 48.2 Å². The number of benzene rings is 1. The van der Waals surface area contributed by atoms with Gasteiger partial charge in [-0.25, -0.2) is 0 Å². The molecule has 0 aliphatic heterocycles. The Morgan fingerprint density at radius 3 is 2.57 bits per heavy atom. The van der Waals surface area contributed by atoms with Crippen LogP contribution in [0.25, 0.3) is 0 Å². The van der Waals surface area contributed by atoms with Crippen molar-refractivity contribution in [3.05, 3.63) is 63.8 Å². The third-order valence-electron chi connectivity index (χ3n) is 3.18. The molecule has 110 valence electrons. The molecule has 1 unspecified atom stereocenters. The van der Waals surface area contributed by atoms with Crippen LogP contribution in [0.3, 0.4) is 0 Å². The number of allylic oxidation sites excluding steroid dienone is 5. The van der Waals surface area contributed by atoms with Crippen molar-refractivity contribution in [2.24, 2.45) is 5.92 Å². The summed E-state index contributed by atoms with van der Waals surface area (Å²) in [6, 6.07) is 3.01. The lowest BCUT2D eigenvalue weighted by molar-refractivity contribution is 0.0967. The van der Waals surface area contributed by atoms with Crippen molar-refractivity contribution in [1.29, 1.82) is 0 Å². The summed E-state index contributed by atoms with van der Waals surface area (Å²) in [5.41, 5.74) is 6.97. The predicted molar refractivity (Wildman–Crippen MR) is 88.5 cm³/mol. The minimum Gasteiger partial charge on any atom is -0.399 e. The van der Waals surface area contributed by atoms with E-state index in [-0.39, 0.29) is 21.5 Å². The quantitative estimate of drug-likeness (QED) is 0.813. The van der Waals surface area contributed by atoms with Gasteiger partial charge in [-0.1, -0.05) is 48.4 Å². The number of hydrogen-bond donors (Lipinski definition) is 2. The van der Waals surface area contributed by atoms with Crippen LogP contribution in [-0.4, -0.2) is 5.91 Å². The van der Waals surface area contributed by atoms with Crippen LogP contribution in [0.1, 0.15) is 23.7 Å². The van der Waals surface area contributed by atoms with Gasteiger partial charge in [-0.2, -0.15) is 0 Å². The number of carbonyl (C=O) groups is 1. The second kappa shape index (κ2) is 6.83. The van der Waals surface area contributed by atoms with E-state index in [0.717, 1.165) is 6.42 Å². The first-order valence-electron chi connectivity index (χ1n) is 6.63. The van der Waals surface area contributed by atoms with Crippen LogP contribution < -0.4 is 11.1 Å². The molecule has 0 heterocycles. The van der Waals surface area contributed by atoms with Gasteiger partial charge in [0.25, 0.3) is 5.91 Å². The molecule has 3 nitrogen and oxygen atoms in total. The highest BCUT2D eigenvalue weighted by Gasteiger charge is 2.16. The Kier molecular flexibility index (Phi) is 5.10. The first-order chi connectivity index (χ1) is 10.0. The Balaban J connectivity index is 2.20. The number of nitrogens with two attached hydrogens (primary N) is 1. The second-order valence-corrected chi connectivity index (χ2v) is 5.57. The molecular formula is C16H16Cl2N2O. The van der Waals surface area contributed by atoms with Crippen molar-refractivity contribution < 1.29 is 4.79 Å². The number of anilines is 1. The minimum atomic E-state index is -0.357. The van der Waals surface area contributed by atoms with Crippen LogP contribution in [0, 0.1) is 5.92 Å². The lowest BCUT2D eigenvalue weighted by Crippen LogP contribution is -2.22. The third kappa shape index (κ3) is 3.90. The minimum absolute atomic E-state index is 0.224. The molecule has 1 aromatic rings. The Bertz CT molecular complexity index is 625. The van der Waals surface area contributed by atoms with Crippen LogP contribution in [-0.2, 0) is 0 Å². The molecule has 1 aromatic carbocycles. The SMILES string of the molecule is CCC1C=CC=C(NC(=O)c2c(Cl)cc(N)cc2Cl)C=C1. The summed E-state index contributed by atoms with van der Waals surface area (Å²) in [4.78, 5) is 12.3. The predicted octanol–water partition coefficient (Wildman–Crippen LogP) is 4.34. The first-order valence-corrected chi connectivity index (χ1v) is 7.39. The first kappa shape index (κ1) is 15.7. The van der Waals surface area contributed by atoms with Gasteiger partial charge in [-0.3, -0.25) is 4.79 Å². The third-order valence-corrected chi connectivity index (χ3v) is 3.77. The van der Waals surface area contributed by atoms with Gasteiger partial charge in [0, 0.05) is 11.4 Å². The van der Waals surface area contributed by atoms with Crippen molar-refractivity contribution in [1.82, 2.24) is 5.32 Å². The van der Waals surface area contributed by atoms with Crippen molar-refractivity contribution in [2.45, 2.75) is 13.3 Å². The Hall–Kier alpha value is -1.71. The maximum atomic E-state index is 12.3. The van der Waals surface area contributed by atoms with Crippen molar-refractivity contribution in [3.63, 3.8) is 0 Å². The van der Waals surface area contributed by atoms with Crippen molar-refractivity contribution in [3.8, 4) is 0 Å². The molecule has 0 saturated heterocycles. The molecule has 0 aromatic heterocycles. The molecule has 5 heteroatoms. The number of amides is 1. The van der Waals surface area contributed by atoms with E-state index in [0.29, 0.717) is 17.3 Å². The van der Waals surface area contributed by atoms with E-state index in [2.05, 4.69) is 18.3 Å². The molecule has 1 atom stereocenters. The average molecular weight is 323 g/mol. The van der Waals surface area contributed by atoms with Gasteiger partial charge in [-0.15, -0.1) is 0 Å². The maximum Gasteiger partial charge on any atom is 0.258 e. The van der Waals surface area contributed by atoms with Gasteiger partial charge in [0.15, 0.2) is 0 Å². The molecule has 0 fully saturated rings. The molecule has 0 bridgehead atoms. The topological polar surface area (TPSA) is 55.1 Å². The van der Waals surface area contributed by atoms with Gasteiger partial charge in [-0.05, 0) is 36.6 Å². The molecule has 0 radical (unpaired) electrons. The van der Waals surface area contributed by atoms with Crippen LogP contribution in [0.5, 0.6) is 0 Å². The fraction of sp³-hybridized carbons (Fsp3) is 0.188. The molecule has 1 aliphatic rings. The summed E-state index contributed by atoms with van der Waals surface area (Å²) in [5, 5.41) is 3.26. The fourth-order valence-corrected chi connectivity index (χ4v) is 2.68. The molecule has 21 heavy (non-hydrogen) atoms. The van der Waals surface area contributed by atoms with Crippen molar-refractivity contribution >= 4 is 34.8 Å². The standard InChI is InChI=1S/C16H16Cl2N2O/c1-2-10-4-3-5-12(7-6-10)20-16(21)15-13(17)8-11(19)9-14(15)18/h3-10H,2,19H2,1H3,(H,20,21). The smallest absolute Gasteiger partial charge is 0.258 e. The largest absolute Gasteiger partial charge is 0.399 e. The van der Waals surface area contributed by atoms with Gasteiger partial charge in [0.1, 0.15) is 0 Å². The summed E-state index contributed by atoms with van der Waals surface area (Å²) in [6.07, 6.45) is 10.8. The summed E-state index contributed by atoms with van der Waals surface area (Å²) < 4.78 is 0. The lowest BCUT2D eigenvalue weighted by Gasteiger charge is -2.10. The molecule has 2 rings (SSSR count). The Morgan fingerprint density at radius 2 is 1.95 bits per heavy atom.